The molecule has 130 valence electrons. The third-order valence-corrected chi connectivity index (χ3v) is 4.68. The number of rotatable bonds is 6. The van der Waals surface area contributed by atoms with Crippen molar-refractivity contribution in [2.24, 2.45) is 0 Å². The van der Waals surface area contributed by atoms with Gasteiger partial charge in [-0.05, 0) is 36.4 Å². The maximum atomic E-state index is 12.1. The largest absolute Gasteiger partial charge is 0.497 e. The summed E-state index contributed by atoms with van der Waals surface area (Å²) in [4.78, 5) is 4.29. The Labute approximate surface area is 145 Å². The van der Waals surface area contributed by atoms with Gasteiger partial charge in [0.25, 0.3) is 0 Å². The average molecular weight is 359 g/mol. The van der Waals surface area contributed by atoms with Crippen LogP contribution in [0.15, 0.2) is 59.1 Å². The van der Waals surface area contributed by atoms with Crippen molar-refractivity contribution in [2.45, 2.75) is 6.54 Å². The van der Waals surface area contributed by atoms with E-state index in [1.54, 1.807) is 55.6 Å². The molecule has 0 radical (unpaired) electrons. The number of anilines is 1. The molecular weight excluding hydrogens is 342 g/mol. The summed E-state index contributed by atoms with van der Waals surface area (Å²) in [6, 6.07) is 16.0. The molecule has 0 amide bonds. The molecule has 7 nitrogen and oxygen atoms in total. The van der Waals surface area contributed by atoms with Crippen LogP contribution in [0, 0.1) is 0 Å². The van der Waals surface area contributed by atoms with Gasteiger partial charge in [-0.1, -0.05) is 23.4 Å². The molecule has 0 aliphatic carbocycles. The Morgan fingerprint density at radius 2 is 1.76 bits per heavy atom. The van der Waals surface area contributed by atoms with Crippen molar-refractivity contribution in [2.75, 3.05) is 17.7 Å². The second-order valence-corrected chi connectivity index (χ2v) is 7.25. The molecule has 3 aromatic rings. The second kappa shape index (κ2) is 6.94. The number of sulfonamides is 1. The number of hydrogen-bond donors (Lipinski definition) is 0. The minimum Gasteiger partial charge on any atom is -0.497 e. The van der Waals surface area contributed by atoms with Gasteiger partial charge in [0.05, 0.1) is 19.1 Å². The number of ether oxygens (including phenoxy) is 1. The summed E-state index contributed by atoms with van der Waals surface area (Å²) in [7, 11) is -1.90. The van der Waals surface area contributed by atoms with Crippen LogP contribution in [-0.4, -0.2) is 31.9 Å². The predicted octanol–water partition coefficient (Wildman–Crippen LogP) is 2.71. The molecule has 2 aromatic carbocycles. The van der Waals surface area contributed by atoms with Gasteiger partial charge in [-0.25, -0.2) is 8.42 Å². The maximum absolute atomic E-state index is 12.1. The number of aromatic nitrogens is 2. The summed E-state index contributed by atoms with van der Waals surface area (Å²) in [5.74, 6) is 1.32. The first-order chi connectivity index (χ1) is 12.0. The molecule has 0 saturated heterocycles. The Kier molecular flexibility index (Phi) is 4.71. The monoisotopic (exact) mass is 359 g/mol. The number of para-hydroxylation sites is 1. The molecule has 0 fully saturated rings. The summed E-state index contributed by atoms with van der Waals surface area (Å²) in [6.07, 6.45) is 1.14. The lowest BCUT2D eigenvalue weighted by Gasteiger charge is -2.20. The lowest BCUT2D eigenvalue weighted by atomic mass is 10.2. The van der Waals surface area contributed by atoms with Crippen LogP contribution in [0.5, 0.6) is 5.75 Å². The SMILES string of the molecule is COc1ccc(-c2noc(CN(c3ccccc3)S(C)(=O)=O)n2)cc1. The van der Waals surface area contributed by atoms with E-state index in [4.69, 9.17) is 9.26 Å². The Hall–Kier alpha value is -2.87. The highest BCUT2D eigenvalue weighted by Crippen LogP contribution is 2.22. The van der Waals surface area contributed by atoms with E-state index in [1.807, 2.05) is 6.07 Å². The van der Waals surface area contributed by atoms with Crippen molar-refractivity contribution in [3.8, 4) is 17.1 Å². The van der Waals surface area contributed by atoms with E-state index in [1.165, 1.54) is 4.31 Å². The summed E-state index contributed by atoms with van der Waals surface area (Å²) < 4.78 is 35.8. The van der Waals surface area contributed by atoms with Crippen molar-refractivity contribution in [3.05, 3.63) is 60.5 Å². The smallest absolute Gasteiger partial charge is 0.247 e. The summed E-state index contributed by atoms with van der Waals surface area (Å²) in [5.41, 5.74) is 1.29. The number of nitrogens with zero attached hydrogens (tertiary/aromatic N) is 3. The van der Waals surface area contributed by atoms with E-state index in [-0.39, 0.29) is 12.4 Å². The van der Waals surface area contributed by atoms with Crippen LogP contribution in [0.25, 0.3) is 11.4 Å². The van der Waals surface area contributed by atoms with Gasteiger partial charge in [0.1, 0.15) is 12.3 Å². The quantitative estimate of drug-likeness (QED) is 0.673. The highest BCUT2D eigenvalue weighted by Gasteiger charge is 2.21. The molecule has 0 N–H and O–H groups in total. The first-order valence-corrected chi connectivity index (χ1v) is 9.32. The lowest BCUT2D eigenvalue weighted by Crippen LogP contribution is -2.29. The highest BCUT2D eigenvalue weighted by atomic mass is 32.2. The van der Waals surface area contributed by atoms with Crippen LogP contribution in [-0.2, 0) is 16.6 Å². The Morgan fingerprint density at radius 3 is 2.36 bits per heavy atom. The van der Waals surface area contributed by atoms with E-state index in [0.717, 1.165) is 17.6 Å². The molecule has 3 rings (SSSR count). The summed E-state index contributed by atoms with van der Waals surface area (Å²) in [5, 5.41) is 3.92. The van der Waals surface area contributed by atoms with E-state index in [0.29, 0.717) is 11.5 Å². The minimum absolute atomic E-state index is 0.0357. The summed E-state index contributed by atoms with van der Waals surface area (Å²) in [6.45, 7) is -0.0357. The van der Waals surface area contributed by atoms with Gasteiger partial charge in [-0.2, -0.15) is 4.98 Å². The zero-order valence-electron chi connectivity index (χ0n) is 13.8. The molecule has 0 bridgehead atoms. The van der Waals surface area contributed by atoms with Crippen molar-refractivity contribution in [3.63, 3.8) is 0 Å². The number of benzene rings is 2. The van der Waals surface area contributed by atoms with Crippen molar-refractivity contribution in [1.82, 2.24) is 10.1 Å². The Morgan fingerprint density at radius 1 is 1.08 bits per heavy atom. The molecule has 1 heterocycles. The van der Waals surface area contributed by atoms with Crippen LogP contribution in [0.3, 0.4) is 0 Å². The molecule has 8 heteroatoms. The van der Waals surface area contributed by atoms with Crippen LogP contribution in [0.2, 0.25) is 0 Å². The first kappa shape index (κ1) is 17.0. The van der Waals surface area contributed by atoms with Crippen molar-refractivity contribution >= 4 is 15.7 Å². The molecule has 0 atom stereocenters. The number of hydrogen-bond acceptors (Lipinski definition) is 6. The maximum Gasteiger partial charge on any atom is 0.247 e. The van der Waals surface area contributed by atoms with Crippen LogP contribution < -0.4 is 9.04 Å². The van der Waals surface area contributed by atoms with Gasteiger partial charge < -0.3 is 9.26 Å². The van der Waals surface area contributed by atoms with Gasteiger partial charge in [-0.15, -0.1) is 0 Å². The molecular formula is C17H17N3O4S. The molecule has 0 aliphatic rings. The zero-order valence-corrected chi connectivity index (χ0v) is 14.6. The van der Waals surface area contributed by atoms with Crippen LogP contribution >= 0.6 is 0 Å². The average Bonchev–Trinajstić information content (AvgIpc) is 3.08. The topological polar surface area (TPSA) is 85.5 Å². The fraction of sp³-hybridized carbons (Fsp3) is 0.176. The van der Waals surface area contributed by atoms with Crippen LogP contribution in [0.4, 0.5) is 5.69 Å². The molecule has 0 saturated carbocycles. The Bertz CT molecular complexity index is 938. The first-order valence-electron chi connectivity index (χ1n) is 7.47. The van der Waals surface area contributed by atoms with Crippen molar-refractivity contribution in [1.29, 1.82) is 0 Å². The molecule has 25 heavy (non-hydrogen) atoms. The van der Waals surface area contributed by atoms with Gasteiger partial charge >= 0.3 is 0 Å². The summed E-state index contributed by atoms with van der Waals surface area (Å²) >= 11 is 0. The fourth-order valence-corrected chi connectivity index (χ4v) is 3.14. The molecule has 0 spiro atoms. The lowest BCUT2D eigenvalue weighted by molar-refractivity contribution is 0.380. The van der Waals surface area contributed by atoms with E-state index in [9.17, 15) is 8.42 Å². The van der Waals surface area contributed by atoms with Gasteiger partial charge in [0.2, 0.25) is 21.7 Å². The number of methoxy groups -OCH3 is 1. The van der Waals surface area contributed by atoms with Crippen LogP contribution in [0.1, 0.15) is 5.89 Å². The third-order valence-electron chi connectivity index (χ3n) is 3.54. The van der Waals surface area contributed by atoms with Gasteiger partial charge in [0.15, 0.2) is 0 Å². The van der Waals surface area contributed by atoms with Gasteiger partial charge in [-0.3, -0.25) is 4.31 Å². The molecule has 0 aliphatic heterocycles. The normalized spacial score (nSPS) is 11.3. The Balaban J connectivity index is 1.85. The zero-order chi connectivity index (χ0) is 17.9. The van der Waals surface area contributed by atoms with E-state index in [2.05, 4.69) is 10.1 Å². The van der Waals surface area contributed by atoms with E-state index < -0.39 is 10.0 Å². The molecule has 1 aromatic heterocycles. The standard InChI is InChI=1S/C17H17N3O4S/c1-23-15-10-8-13(9-11-15)17-18-16(24-19-17)12-20(25(2,21)22)14-6-4-3-5-7-14/h3-11H,12H2,1-2H3. The van der Waals surface area contributed by atoms with Crippen molar-refractivity contribution < 1.29 is 17.7 Å². The second-order valence-electron chi connectivity index (χ2n) is 5.35. The predicted molar refractivity (Wildman–Crippen MR) is 93.8 cm³/mol. The fourth-order valence-electron chi connectivity index (χ4n) is 2.29. The van der Waals surface area contributed by atoms with Gasteiger partial charge in [0, 0.05) is 5.56 Å². The molecule has 0 unspecified atom stereocenters. The highest BCUT2D eigenvalue weighted by molar-refractivity contribution is 7.92. The van der Waals surface area contributed by atoms with E-state index >= 15 is 0 Å². The third kappa shape index (κ3) is 3.97. The minimum atomic E-state index is -3.49.